The van der Waals surface area contributed by atoms with E-state index in [1.807, 2.05) is 12.1 Å². The van der Waals surface area contributed by atoms with Crippen molar-refractivity contribution < 1.29 is 8.83 Å². The van der Waals surface area contributed by atoms with Crippen LogP contribution in [0.25, 0.3) is 72.1 Å². The van der Waals surface area contributed by atoms with Crippen molar-refractivity contribution in [1.29, 1.82) is 0 Å². The highest BCUT2D eigenvalue weighted by Crippen LogP contribution is 2.51. The number of aryl methyl sites for hydroxylation is 5. The normalized spacial score (nSPS) is 13.0. The van der Waals surface area contributed by atoms with Gasteiger partial charge >= 0.3 is 0 Å². The Morgan fingerprint density at radius 3 is 1.47 bits per heavy atom. The molecule has 0 spiro atoms. The van der Waals surface area contributed by atoms with E-state index in [1.54, 1.807) is 0 Å². The number of rotatable bonds is 8. The second-order valence-corrected chi connectivity index (χ2v) is 27.3. The zero-order valence-electron chi connectivity index (χ0n) is 53.1. The molecule has 0 bridgehead atoms. The molecular weight excluding hydrogens is 1100 g/mol. The first-order valence-electron chi connectivity index (χ1n) is 31.7. The van der Waals surface area contributed by atoms with Gasteiger partial charge in [0.05, 0.1) is 22.4 Å². The lowest BCUT2D eigenvalue weighted by atomic mass is 9.33. The molecule has 0 saturated heterocycles. The van der Waals surface area contributed by atoms with Gasteiger partial charge in [-0.15, -0.1) is 0 Å². The Balaban J connectivity index is 0.956. The molecule has 5 heterocycles. The lowest BCUT2D eigenvalue weighted by Crippen LogP contribution is -2.61. The minimum atomic E-state index is -0.118. The zero-order chi connectivity index (χ0) is 61.6. The average molecular weight is 1170 g/mol. The van der Waals surface area contributed by atoms with E-state index in [0.717, 1.165) is 95.4 Å². The molecule has 0 radical (unpaired) electrons. The number of anilines is 9. The van der Waals surface area contributed by atoms with E-state index in [2.05, 4.69) is 314 Å². The number of hydrogen-bond donors (Lipinski definition) is 0. The quantitative estimate of drug-likeness (QED) is 0.142. The molecule has 6 nitrogen and oxygen atoms in total. The van der Waals surface area contributed by atoms with Gasteiger partial charge in [0, 0.05) is 78.2 Å². The Hall–Kier alpha value is -10.2. The van der Waals surface area contributed by atoms with Crippen LogP contribution in [0.15, 0.2) is 239 Å². The molecule has 0 aliphatic carbocycles. The van der Waals surface area contributed by atoms with Crippen molar-refractivity contribution in [3.8, 4) is 28.3 Å². The predicted molar refractivity (Wildman–Crippen MR) is 381 cm³/mol. The molecule has 90 heavy (non-hydrogen) atoms. The van der Waals surface area contributed by atoms with E-state index in [0.29, 0.717) is 0 Å². The third-order valence-electron chi connectivity index (χ3n) is 19.1. The van der Waals surface area contributed by atoms with Gasteiger partial charge in [-0.2, -0.15) is 0 Å². The molecule has 0 atom stereocenters. The Morgan fingerprint density at radius 2 is 0.878 bits per heavy atom. The molecule has 0 unspecified atom stereocenters. The van der Waals surface area contributed by atoms with Crippen molar-refractivity contribution in [2.24, 2.45) is 0 Å². The fourth-order valence-electron chi connectivity index (χ4n) is 14.9. The van der Waals surface area contributed by atoms with Crippen molar-refractivity contribution >= 4 is 118 Å². The number of hydrogen-bond acceptors (Lipinski definition) is 5. The van der Waals surface area contributed by atoms with Crippen LogP contribution < -0.4 is 31.1 Å². The van der Waals surface area contributed by atoms with Crippen LogP contribution in [0.3, 0.4) is 0 Å². The summed E-state index contributed by atoms with van der Waals surface area (Å²) in [6.07, 6.45) is 0. The highest BCUT2D eigenvalue weighted by molar-refractivity contribution is 7.00. The number of para-hydroxylation sites is 4. The van der Waals surface area contributed by atoms with E-state index in [-0.39, 0.29) is 17.5 Å². The molecule has 438 valence electrons. The van der Waals surface area contributed by atoms with Gasteiger partial charge in [0.15, 0.2) is 0 Å². The SMILES string of the molecule is Cc1cc2c3c(c1)N(c1c(C)cc(-c4cc5ccccc5o4)cc1C)c1cc(N(c4ccc(C(C)(C)C)cc4)c4ccc5c6ccccc6n(-c6ccccc6)c5c4)ccc1B3c1cc(C(C)(C)C)ccc1N2c1c(C)cc(-c2cc3ccccc3o2)cc1C. The van der Waals surface area contributed by atoms with Gasteiger partial charge in [-0.3, -0.25) is 0 Å². The first-order valence-corrected chi connectivity index (χ1v) is 31.7. The number of furan rings is 2. The van der Waals surface area contributed by atoms with Crippen molar-refractivity contribution in [2.75, 3.05) is 14.7 Å². The molecular formula is C83H71BN4O2. The first kappa shape index (κ1) is 55.1. The lowest BCUT2D eigenvalue weighted by molar-refractivity contribution is 0.590. The summed E-state index contributed by atoms with van der Waals surface area (Å²) in [6.45, 7) is 25.2. The summed E-state index contributed by atoms with van der Waals surface area (Å²) in [5.74, 6) is 1.73. The largest absolute Gasteiger partial charge is 0.456 e. The van der Waals surface area contributed by atoms with Crippen molar-refractivity contribution in [1.82, 2.24) is 4.57 Å². The molecule has 7 heteroatoms. The van der Waals surface area contributed by atoms with Crippen LogP contribution in [-0.2, 0) is 10.8 Å². The van der Waals surface area contributed by atoms with Crippen LogP contribution in [0, 0.1) is 34.6 Å². The Bertz CT molecular complexity index is 5130. The fraction of sp³-hybridized carbons (Fsp3) is 0.157. The number of benzene rings is 11. The summed E-state index contributed by atoms with van der Waals surface area (Å²) in [6, 6.07) is 85.7. The summed E-state index contributed by atoms with van der Waals surface area (Å²) >= 11 is 0. The van der Waals surface area contributed by atoms with Gasteiger partial charge in [-0.05, 0) is 222 Å². The number of nitrogens with zero attached hydrogens (tertiary/aromatic N) is 4. The average Bonchev–Trinajstić information content (AvgIpc) is 0.925. The van der Waals surface area contributed by atoms with Gasteiger partial charge in [0.2, 0.25) is 0 Å². The maximum Gasteiger partial charge on any atom is 0.252 e. The summed E-state index contributed by atoms with van der Waals surface area (Å²) in [5.41, 5.74) is 29.7. The topological polar surface area (TPSA) is 40.9 Å². The van der Waals surface area contributed by atoms with E-state index >= 15 is 0 Å². The summed E-state index contributed by atoms with van der Waals surface area (Å²) in [4.78, 5) is 7.69. The maximum atomic E-state index is 6.61. The molecule has 3 aromatic heterocycles. The van der Waals surface area contributed by atoms with E-state index in [1.165, 1.54) is 83.2 Å². The highest BCUT2D eigenvalue weighted by atomic mass is 16.3. The summed E-state index contributed by atoms with van der Waals surface area (Å²) in [5, 5.41) is 4.63. The van der Waals surface area contributed by atoms with Crippen LogP contribution >= 0.6 is 0 Å². The van der Waals surface area contributed by atoms with Crippen molar-refractivity contribution in [2.45, 2.75) is 87.0 Å². The van der Waals surface area contributed by atoms with Gasteiger partial charge in [-0.1, -0.05) is 151 Å². The zero-order valence-corrected chi connectivity index (χ0v) is 53.1. The molecule has 0 fully saturated rings. The highest BCUT2D eigenvalue weighted by Gasteiger charge is 2.45. The predicted octanol–water partition coefficient (Wildman–Crippen LogP) is 21.3. The van der Waals surface area contributed by atoms with Gasteiger partial charge < -0.3 is 28.1 Å². The lowest BCUT2D eigenvalue weighted by Gasteiger charge is -2.46. The minimum absolute atomic E-state index is 0.0275. The van der Waals surface area contributed by atoms with E-state index < -0.39 is 0 Å². The van der Waals surface area contributed by atoms with E-state index in [4.69, 9.17) is 8.83 Å². The van der Waals surface area contributed by atoms with Crippen molar-refractivity contribution in [3.05, 3.63) is 269 Å². The summed E-state index contributed by atoms with van der Waals surface area (Å²) in [7, 11) is 0. The fourth-order valence-corrected chi connectivity index (χ4v) is 14.9. The monoisotopic (exact) mass is 1170 g/mol. The van der Waals surface area contributed by atoms with Crippen LogP contribution in [0.1, 0.15) is 80.5 Å². The first-order chi connectivity index (χ1) is 43.4. The van der Waals surface area contributed by atoms with E-state index in [9.17, 15) is 0 Å². The molecule has 14 aromatic rings. The molecule has 2 aliphatic rings. The third kappa shape index (κ3) is 8.83. The molecule has 0 N–H and O–H groups in total. The molecule has 2 aliphatic heterocycles. The molecule has 0 saturated carbocycles. The van der Waals surface area contributed by atoms with Crippen LogP contribution in [0.4, 0.5) is 51.2 Å². The third-order valence-corrected chi connectivity index (χ3v) is 19.1. The standard InChI is InChI=1S/C83H71BN4O2/c1-50-39-73-79-74(40-50)88(81-53(4)43-58(44-54(81)5)78-46-56-22-16-20-28-76(56)90-78)72-49-64(85(62-32-29-59(30-33-62)82(6,7)8)63-34-36-66-65-25-17-18-26-69(65)86(71(66)48-63)61-23-13-12-14-24-61)35-37-67(72)84(79)68-47-60(83(9,10)11)31-38-70(68)87(73)80-51(2)41-57(42-52(80)3)77-45-55-21-15-19-27-75(55)89-77/h12-49H,1-11H3. The molecule has 11 aromatic carbocycles. The minimum Gasteiger partial charge on any atom is -0.456 e. The molecule has 16 rings (SSSR count). The van der Waals surface area contributed by atoms with Crippen LogP contribution in [-0.4, -0.2) is 11.3 Å². The Morgan fingerprint density at radius 1 is 0.378 bits per heavy atom. The second-order valence-electron chi connectivity index (χ2n) is 27.3. The van der Waals surface area contributed by atoms with Crippen LogP contribution in [0.5, 0.6) is 0 Å². The van der Waals surface area contributed by atoms with Gasteiger partial charge in [0.25, 0.3) is 6.71 Å². The maximum absolute atomic E-state index is 6.61. The smallest absolute Gasteiger partial charge is 0.252 e. The Kier molecular flexibility index (Phi) is 12.5. The number of aromatic nitrogens is 1. The van der Waals surface area contributed by atoms with Crippen molar-refractivity contribution in [3.63, 3.8) is 0 Å². The van der Waals surface area contributed by atoms with Crippen LogP contribution in [0.2, 0.25) is 0 Å². The second kappa shape index (κ2) is 20.4. The summed E-state index contributed by atoms with van der Waals surface area (Å²) < 4.78 is 15.6. The van der Waals surface area contributed by atoms with Gasteiger partial charge in [0.1, 0.15) is 22.7 Å². The van der Waals surface area contributed by atoms with Gasteiger partial charge in [-0.25, -0.2) is 0 Å². The molecule has 0 amide bonds. The number of fused-ring (bicyclic) bond motifs is 9. The Labute approximate surface area is 528 Å².